The van der Waals surface area contributed by atoms with E-state index >= 15 is 0 Å². The minimum Gasteiger partial charge on any atom is -0.300 e. The van der Waals surface area contributed by atoms with Crippen LogP contribution in [0.2, 0.25) is 0 Å². The molecule has 132 valence electrons. The molecule has 0 spiro atoms. The number of benzene rings is 1. The summed E-state index contributed by atoms with van der Waals surface area (Å²) < 4.78 is 18.8. The summed E-state index contributed by atoms with van der Waals surface area (Å²) in [6.07, 6.45) is 0.515. The fourth-order valence-electron chi connectivity index (χ4n) is 2.94. The van der Waals surface area contributed by atoms with Crippen molar-refractivity contribution in [3.63, 3.8) is 0 Å². The van der Waals surface area contributed by atoms with Crippen LogP contribution in [0.1, 0.15) is 32.5 Å². The maximum atomic E-state index is 14.6. The van der Waals surface area contributed by atoms with Gasteiger partial charge >= 0.3 is 10.6 Å². The van der Waals surface area contributed by atoms with E-state index in [-0.39, 0.29) is 16.6 Å². The maximum Gasteiger partial charge on any atom is 0.335 e. The minimum atomic E-state index is -0.715. The number of hydrogen-bond acceptors (Lipinski definition) is 4. The molecule has 0 bridgehead atoms. The second-order valence-corrected chi connectivity index (χ2v) is 7.10. The molecular formula is C17H18FN3O3S. The number of aromatic nitrogens is 3. The molecule has 0 saturated carbocycles. The first-order valence-corrected chi connectivity index (χ1v) is 8.74. The third kappa shape index (κ3) is 2.66. The number of hydrogen-bond donors (Lipinski definition) is 0. The molecule has 6 nitrogen and oxygen atoms in total. The summed E-state index contributed by atoms with van der Waals surface area (Å²) in [6.45, 7) is 5.52. The molecule has 3 rings (SSSR count). The van der Waals surface area contributed by atoms with E-state index in [1.807, 2.05) is 20.8 Å². The molecule has 0 radical (unpaired) electrons. The van der Waals surface area contributed by atoms with E-state index in [4.69, 9.17) is 0 Å². The predicted molar refractivity (Wildman–Crippen MR) is 96.6 cm³/mol. The molecule has 8 heteroatoms. The molecule has 1 aromatic carbocycles. The molecule has 0 aliphatic rings. The first kappa shape index (κ1) is 17.3. The lowest BCUT2D eigenvalue weighted by atomic mass is 10.2. The Bertz CT molecular complexity index is 1150. The lowest BCUT2D eigenvalue weighted by Gasteiger charge is -2.13. The summed E-state index contributed by atoms with van der Waals surface area (Å²) in [4.78, 5) is 36.9. The number of nitrogens with zero attached hydrogens (tertiary/aromatic N) is 3. The summed E-state index contributed by atoms with van der Waals surface area (Å²) in [7, 11) is 1.54. The van der Waals surface area contributed by atoms with E-state index in [1.165, 1.54) is 27.3 Å². The molecule has 0 saturated heterocycles. The Hall–Kier alpha value is -2.48. The first-order chi connectivity index (χ1) is 11.8. The molecule has 0 unspecified atom stereocenters. The number of rotatable bonds is 3. The highest BCUT2D eigenvalue weighted by molar-refractivity contribution is 7.16. The van der Waals surface area contributed by atoms with Gasteiger partial charge in [-0.2, -0.15) is 0 Å². The second kappa shape index (κ2) is 6.11. The highest BCUT2D eigenvalue weighted by Crippen LogP contribution is 2.25. The largest absolute Gasteiger partial charge is 0.335 e. The Kier molecular flexibility index (Phi) is 4.24. The van der Waals surface area contributed by atoms with Gasteiger partial charge < -0.3 is 4.57 Å². The standard InChI is InChI=1S/C17H18FN3O3S/c1-5-10-6-15(22)21(16(23)19(10)4)12-8-13-14(7-11(12)18)25-17(24)20(13)9(2)3/h6-9H,5H2,1-4H3. The number of thiazole rings is 1. The third-order valence-corrected chi connectivity index (χ3v) is 5.14. The van der Waals surface area contributed by atoms with Crippen LogP contribution in [0.4, 0.5) is 4.39 Å². The predicted octanol–water partition coefficient (Wildman–Crippen LogP) is 2.20. The average molecular weight is 363 g/mol. The quantitative estimate of drug-likeness (QED) is 0.716. The summed E-state index contributed by atoms with van der Waals surface area (Å²) in [5.74, 6) is -0.715. The van der Waals surface area contributed by atoms with Gasteiger partial charge in [-0.05, 0) is 32.4 Å². The van der Waals surface area contributed by atoms with Crippen LogP contribution in [0.3, 0.4) is 0 Å². The van der Waals surface area contributed by atoms with E-state index in [0.717, 1.165) is 15.9 Å². The van der Waals surface area contributed by atoms with Gasteiger partial charge in [0.25, 0.3) is 5.56 Å². The van der Waals surface area contributed by atoms with Crippen molar-refractivity contribution >= 4 is 21.6 Å². The highest BCUT2D eigenvalue weighted by Gasteiger charge is 2.18. The van der Waals surface area contributed by atoms with Crippen LogP contribution < -0.4 is 16.1 Å². The molecule has 0 fully saturated rings. The zero-order valence-electron chi connectivity index (χ0n) is 14.4. The maximum absolute atomic E-state index is 14.6. The van der Waals surface area contributed by atoms with E-state index in [0.29, 0.717) is 22.3 Å². The summed E-state index contributed by atoms with van der Waals surface area (Å²) in [6, 6.07) is 3.81. The van der Waals surface area contributed by atoms with Crippen LogP contribution in [-0.4, -0.2) is 13.7 Å². The van der Waals surface area contributed by atoms with Gasteiger partial charge in [-0.25, -0.2) is 13.8 Å². The van der Waals surface area contributed by atoms with Gasteiger partial charge in [0, 0.05) is 24.8 Å². The second-order valence-electron chi connectivity index (χ2n) is 6.11. The molecule has 0 N–H and O–H groups in total. The summed E-state index contributed by atoms with van der Waals surface area (Å²) >= 11 is 0.939. The normalized spacial score (nSPS) is 11.6. The van der Waals surface area contributed by atoms with Gasteiger partial charge in [0.2, 0.25) is 0 Å². The van der Waals surface area contributed by atoms with E-state index < -0.39 is 17.1 Å². The molecule has 0 aliphatic heterocycles. The van der Waals surface area contributed by atoms with Crippen molar-refractivity contribution in [2.75, 3.05) is 0 Å². The number of fused-ring (bicyclic) bond motifs is 1. The van der Waals surface area contributed by atoms with Crippen molar-refractivity contribution in [2.24, 2.45) is 7.05 Å². The molecule has 25 heavy (non-hydrogen) atoms. The van der Waals surface area contributed by atoms with Gasteiger partial charge in [-0.15, -0.1) is 0 Å². The highest BCUT2D eigenvalue weighted by atomic mass is 32.1. The van der Waals surface area contributed by atoms with Gasteiger partial charge in [-0.1, -0.05) is 18.3 Å². The van der Waals surface area contributed by atoms with Gasteiger partial charge in [0.15, 0.2) is 0 Å². The molecule has 3 aromatic rings. The van der Waals surface area contributed by atoms with Crippen LogP contribution in [0, 0.1) is 5.82 Å². The molecule has 0 aliphatic carbocycles. The van der Waals surface area contributed by atoms with Crippen LogP contribution in [0.5, 0.6) is 0 Å². The molecule has 2 aromatic heterocycles. The fraction of sp³-hybridized carbons (Fsp3) is 0.353. The topological polar surface area (TPSA) is 66.0 Å². The summed E-state index contributed by atoms with van der Waals surface area (Å²) in [5, 5.41) is 0. The molecule has 2 heterocycles. The number of aryl methyl sites for hydroxylation is 1. The monoisotopic (exact) mass is 363 g/mol. The van der Waals surface area contributed by atoms with Crippen LogP contribution in [0.25, 0.3) is 15.9 Å². The van der Waals surface area contributed by atoms with Crippen molar-refractivity contribution in [1.82, 2.24) is 13.7 Å². The Morgan fingerprint density at radius 2 is 1.84 bits per heavy atom. The lowest BCUT2D eigenvalue weighted by molar-refractivity contribution is 0.598. The molecular weight excluding hydrogens is 345 g/mol. The fourth-order valence-corrected chi connectivity index (χ4v) is 3.96. The van der Waals surface area contributed by atoms with Crippen LogP contribution in [-0.2, 0) is 13.5 Å². The van der Waals surface area contributed by atoms with E-state index in [9.17, 15) is 18.8 Å². The Labute approximate surface area is 146 Å². The van der Waals surface area contributed by atoms with Crippen LogP contribution >= 0.6 is 11.3 Å². The van der Waals surface area contributed by atoms with Crippen molar-refractivity contribution in [3.8, 4) is 5.69 Å². The summed E-state index contributed by atoms with van der Waals surface area (Å²) in [5.41, 5.74) is -0.270. The van der Waals surface area contributed by atoms with Crippen molar-refractivity contribution in [3.05, 3.63) is 60.2 Å². The van der Waals surface area contributed by atoms with Crippen molar-refractivity contribution < 1.29 is 4.39 Å². The van der Waals surface area contributed by atoms with Crippen molar-refractivity contribution in [1.29, 1.82) is 0 Å². The third-order valence-electron chi connectivity index (χ3n) is 4.22. The van der Waals surface area contributed by atoms with Crippen LogP contribution in [0.15, 0.2) is 32.6 Å². The molecule has 0 amide bonds. The zero-order chi connectivity index (χ0) is 18.5. The van der Waals surface area contributed by atoms with E-state index in [1.54, 1.807) is 7.05 Å². The molecule has 0 atom stereocenters. The first-order valence-electron chi connectivity index (χ1n) is 7.93. The minimum absolute atomic E-state index is 0.124. The average Bonchev–Trinajstić information content (AvgIpc) is 2.86. The smallest absolute Gasteiger partial charge is 0.300 e. The lowest BCUT2D eigenvalue weighted by Crippen LogP contribution is -2.39. The van der Waals surface area contributed by atoms with Gasteiger partial charge in [0.1, 0.15) is 5.82 Å². The Balaban J connectivity index is 2.41. The van der Waals surface area contributed by atoms with Crippen molar-refractivity contribution in [2.45, 2.75) is 33.2 Å². The zero-order valence-corrected chi connectivity index (χ0v) is 15.2. The SMILES string of the molecule is CCc1cc(=O)n(-c2cc3c(cc2F)sc(=O)n3C(C)C)c(=O)n1C. The Morgan fingerprint density at radius 3 is 2.44 bits per heavy atom. The van der Waals surface area contributed by atoms with E-state index in [2.05, 4.69) is 0 Å². The van der Waals surface area contributed by atoms with Gasteiger partial charge in [0.05, 0.1) is 15.9 Å². The van der Waals surface area contributed by atoms with Gasteiger partial charge in [-0.3, -0.25) is 14.2 Å². The Morgan fingerprint density at radius 1 is 1.16 bits per heavy atom. The number of halogens is 1.